The van der Waals surface area contributed by atoms with Gasteiger partial charge in [-0.1, -0.05) is 12.1 Å². The highest BCUT2D eigenvalue weighted by Crippen LogP contribution is 2.27. The highest BCUT2D eigenvalue weighted by atomic mass is 16.5. The summed E-state index contributed by atoms with van der Waals surface area (Å²) in [6, 6.07) is 7.82. The summed E-state index contributed by atoms with van der Waals surface area (Å²) in [4.78, 5) is 4.30. The van der Waals surface area contributed by atoms with Gasteiger partial charge in [-0.05, 0) is 31.5 Å². The standard InChI is InChI=1S/C14H19N3O/c1-10-16-9-13(17(10)3)14(2,15)11-5-7-12(18-4)8-6-11/h5-9H,15H2,1-4H3. The number of ether oxygens (including phenoxy) is 1. The Kier molecular flexibility index (Phi) is 3.13. The maximum atomic E-state index is 6.46. The van der Waals surface area contributed by atoms with Gasteiger partial charge in [0.2, 0.25) is 0 Å². The van der Waals surface area contributed by atoms with Crippen LogP contribution in [0, 0.1) is 6.92 Å². The predicted molar refractivity (Wildman–Crippen MR) is 71.6 cm³/mol. The van der Waals surface area contributed by atoms with Crippen molar-refractivity contribution in [3.63, 3.8) is 0 Å². The molecule has 0 fully saturated rings. The van der Waals surface area contributed by atoms with Crippen LogP contribution in [0.4, 0.5) is 0 Å². The zero-order valence-electron chi connectivity index (χ0n) is 11.3. The van der Waals surface area contributed by atoms with Crippen LogP contribution in [-0.4, -0.2) is 16.7 Å². The van der Waals surface area contributed by atoms with Crippen molar-refractivity contribution in [2.24, 2.45) is 12.8 Å². The van der Waals surface area contributed by atoms with Gasteiger partial charge in [-0.2, -0.15) is 0 Å². The monoisotopic (exact) mass is 245 g/mol. The van der Waals surface area contributed by atoms with E-state index in [1.54, 1.807) is 7.11 Å². The predicted octanol–water partition coefficient (Wildman–Crippen LogP) is 1.96. The number of imidazole rings is 1. The highest BCUT2D eigenvalue weighted by molar-refractivity contribution is 5.37. The van der Waals surface area contributed by atoms with Crippen LogP contribution in [0.25, 0.3) is 0 Å². The zero-order valence-corrected chi connectivity index (χ0v) is 11.3. The van der Waals surface area contributed by atoms with Gasteiger partial charge in [0.25, 0.3) is 0 Å². The molecule has 1 aromatic carbocycles. The lowest BCUT2D eigenvalue weighted by molar-refractivity contribution is 0.414. The molecule has 1 unspecified atom stereocenters. The van der Waals surface area contributed by atoms with E-state index in [9.17, 15) is 0 Å². The molecule has 0 aliphatic rings. The Morgan fingerprint density at radius 3 is 2.33 bits per heavy atom. The van der Waals surface area contributed by atoms with Gasteiger partial charge in [-0.3, -0.25) is 0 Å². The van der Waals surface area contributed by atoms with Crippen LogP contribution in [0.5, 0.6) is 5.75 Å². The van der Waals surface area contributed by atoms with Gasteiger partial charge >= 0.3 is 0 Å². The number of nitrogens with two attached hydrogens (primary N) is 1. The van der Waals surface area contributed by atoms with Crippen LogP contribution in [0.3, 0.4) is 0 Å². The summed E-state index contributed by atoms with van der Waals surface area (Å²) in [5.74, 6) is 1.78. The van der Waals surface area contributed by atoms with Crippen molar-refractivity contribution in [2.45, 2.75) is 19.4 Å². The van der Waals surface area contributed by atoms with E-state index in [2.05, 4.69) is 4.98 Å². The van der Waals surface area contributed by atoms with Crippen LogP contribution in [0.1, 0.15) is 24.0 Å². The van der Waals surface area contributed by atoms with Crippen molar-refractivity contribution < 1.29 is 4.74 Å². The minimum atomic E-state index is -0.567. The summed E-state index contributed by atoms with van der Waals surface area (Å²) in [6.07, 6.45) is 1.83. The first-order valence-electron chi connectivity index (χ1n) is 5.89. The topological polar surface area (TPSA) is 53.1 Å². The Bertz CT molecular complexity index is 541. The molecule has 18 heavy (non-hydrogen) atoms. The molecule has 2 rings (SSSR count). The first-order chi connectivity index (χ1) is 8.46. The molecule has 0 spiro atoms. The van der Waals surface area contributed by atoms with E-state index in [-0.39, 0.29) is 0 Å². The lowest BCUT2D eigenvalue weighted by Gasteiger charge is -2.26. The molecule has 2 N–H and O–H groups in total. The van der Waals surface area contributed by atoms with E-state index < -0.39 is 5.54 Å². The Labute approximate surface area is 107 Å². The quantitative estimate of drug-likeness (QED) is 0.899. The molecule has 1 aromatic heterocycles. The van der Waals surface area contributed by atoms with E-state index >= 15 is 0 Å². The summed E-state index contributed by atoms with van der Waals surface area (Å²) in [6.45, 7) is 3.96. The number of aromatic nitrogens is 2. The van der Waals surface area contributed by atoms with E-state index in [0.717, 1.165) is 22.8 Å². The number of nitrogens with zero attached hydrogens (tertiary/aromatic N) is 2. The molecule has 0 saturated carbocycles. The average molecular weight is 245 g/mol. The molecule has 1 heterocycles. The maximum Gasteiger partial charge on any atom is 0.118 e. The number of rotatable bonds is 3. The molecule has 0 bridgehead atoms. The Morgan fingerprint density at radius 1 is 1.28 bits per heavy atom. The molecular weight excluding hydrogens is 226 g/mol. The summed E-state index contributed by atoms with van der Waals surface area (Å²) in [7, 11) is 3.63. The number of methoxy groups -OCH3 is 1. The van der Waals surface area contributed by atoms with Crippen LogP contribution in [-0.2, 0) is 12.6 Å². The fourth-order valence-electron chi connectivity index (χ4n) is 2.07. The SMILES string of the molecule is COc1ccc(C(C)(N)c2cnc(C)n2C)cc1. The second kappa shape index (κ2) is 4.46. The Balaban J connectivity index is 2.43. The number of aryl methyl sites for hydroxylation is 1. The lowest BCUT2D eigenvalue weighted by atomic mass is 9.90. The first-order valence-corrected chi connectivity index (χ1v) is 5.89. The van der Waals surface area contributed by atoms with Gasteiger partial charge in [0.15, 0.2) is 0 Å². The Morgan fingerprint density at radius 2 is 1.89 bits per heavy atom. The molecule has 4 heteroatoms. The van der Waals surface area contributed by atoms with Gasteiger partial charge in [0, 0.05) is 7.05 Å². The number of hydrogen-bond acceptors (Lipinski definition) is 3. The minimum absolute atomic E-state index is 0.567. The number of benzene rings is 1. The van der Waals surface area contributed by atoms with Gasteiger partial charge in [0.1, 0.15) is 11.6 Å². The highest BCUT2D eigenvalue weighted by Gasteiger charge is 2.27. The Hall–Kier alpha value is -1.81. The summed E-state index contributed by atoms with van der Waals surface area (Å²) in [5, 5.41) is 0. The fourth-order valence-corrected chi connectivity index (χ4v) is 2.07. The number of hydrogen-bond donors (Lipinski definition) is 1. The van der Waals surface area contributed by atoms with Gasteiger partial charge in [-0.15, -0.1) is 0 Å². The van der Waals surface area contributed by atoms with Crippen molar-refractivity contribution in [1.29, 1.82) is 0 Å². The molecule has 0 aliphatic heterocycles. The molecule has 0 saturated heterocycles. The average Bonchev–Trinajstić information content (AvgIpc) is 2.70. The van der Waals surface area contributed by atoms with E-state index in [4.69, 9.17) is 10.5 Å². The normalized spacial score (nSPS) is 14.3. The fraction of sp³-hybridized carbons (Fsp3) is 0.357. The third-order valence-corrected chi connectivity index (χ3v) is 3.44. The molecule has 0 radical (unpaired) electrons. The molecule has 96 valence electrons. The summed E-state index contributed by atoms with van der Waals surface area (Å²) >= 11 is 0. The van der Waals surface area contributed by atoms with Crippen LogP contribution in [0.2, 0.25) is 0 Å². The maximum absolute atomic E-state index is 6.46. The smallest absolute Gasteiger partial charge is 0.118 e. The van der Waals surface area contributed by atoms with E-state index in [0.29, 0.717) is 0 Å². The lowest BCUT2D eigenvalue weighted by Crippen LogP contribution is -2.36. The van der Waals surface area contributed by atoms with Crippen LogP contribution < -0.4 is 10.5 Å². The van der Waals surface area contributed by atoms with Crippen LogP contribution >= 0.6 is 0 Å². The van der Waals surface area contributed by atoms with Crippen molar-refractivity contribution >= 4 is 0 Å². The van der Waals surface area contributed by atoms with Crippen molar-refractivity contribution in [3.8, 4) is 5.75 Å². The minimum Gasteiger partial charge on any atom is -0.497 e. The third kappa shape index (κ3) is 1.99. The second-order valence-electron chi connectivity index (χ2n) is 4.68. The van der Waals surface area contributed by atoms with Crippen LogP contribution in [0.15, 0.2) is 30.5 Å². The molecule has 1 atom stereocenters. The summed E-state index contributed by atoms with van der Waals surface area (Å²) < 4.78 is 7.18. The molecule has 0 amide bonds. The van der Waals surface area contributed by atoms with Crippen molar-refractivity contribution in [3.05, 3.63) is 47.5 Å². The van der Waals surface area contributed by atoms with Crippen molar-refractivity contribution in [1.82, 2.24) is 9.55 Å². The molecule has 4 nitrogen and oxygen atoms in total. The molecule has 2 aromatic rings. The van der Waals surface area contributed by atoms with E-state index in [1.165, 1.54) is 0 Å². The third-order valence-electron chi connectivity index (χ3n) is 3.44. The summed E-state index contributed by atoms with van der Waals surface area (Å²) in [5.41, 5.74) is 7.92. The zero-order chi connectivity index (χ0) is 13.3. The molecule has 0 aliphatic carbocycles. The van der Waals surface area contributed by atoms with Crippen molar-refractivity contribution in [2.75, 3.05) is 7.11 Å². The van der Waals surface area contributed by atoms with Gasteiger partial charge in [0.05, 0.1) is 24.5 Å². The first kappa shape index (κ1) is 12.6. The molecular formula is C14H19N3O. The largest absolute Gasteiger partial charge is 0.497 e. The van der Waals surface area contributed by atoms with Gasteiger partial charge < -0.3 is 15.0 Å². The van der Waals surface area contributed by atoms with E-state index in [1.807, 2.05) is 55.9 Å². The second-order valence-corrected chi connectivity index (χ2v) is 4.68. The van der Waals surface area contributed by atoms with Gasteiger partial charge in [-0.25, -0.2) is 4.98 Å².